The summed E-state index contributed by atoms with van der Waals surface area (Å²) >= 11 is 0. The van der Waals surface area contributed by atoms with Gasteiger partial charge in [-0.1, -0.05) is 54.6 Å². The van der Waals surface area contributed by atoms with E-state index < -0.39 is 22.0 Å². The molecule has 41 heavy (non-hydrogen) atoms. The number of sulfonamides is 1. The van der Waals surface area contributed by atoms with E-state index in [2.05, 4.69) is 9.71 Å². The van der Waals surface area contributed by atoms with Crippen LogP contribution in [0.4, 0.5) is 0 Å². The van der Waals surface area contributed by atoms with Gasteiger partial charge in [0.2, 0.25) is 10.0 Å². The minimum absolute atomic E-state index is 0.0500. The number of carbonyl (C=O) groups excluding carboxylic acids is 1. The summed E-state index contributed by atoms with van der Waals surface area (Å²) in [7, 11) is -3.96. The van der Waals surface area contributed by atoms with Gasteiger partial charge in [0.15, 0.2) is 5.49 Å². The number of fused-ring (bicyclic) bond motifs is 1. The van der Waals surface area contributed by atoms with E-state index in [0.717, 1.165) is 27.5 Å². The molecule has 4 rings (SSSR count). The summed E-state index contributed by atoms with van der Waals surface area (Å²) in [6.07, 6.45) is 3.17. The van der Waals surface area contributed by atoms with Gasteiger partial charge in [0.05, 0.1) is 24.5 Å². The normalized spacial score (nSPS) is 12.8. The quantitative estimate of drug-likeness (QED) is 0.130. The van der Waals surface area contributed by atoms with Crippen LogP contribution >= 0.6 is 0 Å². The number of rotatable bonds is 14. The van der Waals surface area contributed by atoms with E-state index in [4.69, 9.17) is 9.47 Å². The molecule has 0 unspecified atom stereocenters. The predicted molar refractivity (Wildman–Crippen MR) is 156 cm³/mol. The predicted octanol–water partition coefficient (Wildman–Crippen LogP) is 4.48. The average Bonchev–Trinajstić information content (AvgIpc) is 2.96. The number of nitrogens with zero attached hydrogens (tertiary/aromatic N) is 2. The Morgan fingerprint density at radius 3 is 2.59 bits per heavy atom. The maximum atomic E-state index is 13.4. The molecule has 0 spiro atoms. The highest BCUT2D eigenvalue weighted by Gasteiger charge is 2.24. The van der Waals surface area contributed by atoms with Gasteiger partial charge in [-0.15, -0.1) is 0 Å². The summed E-state index contributed by atoms with van der Waals surface area (Å²) in [5, 5.41) is 11.8. The summed E-state index contributed by atoms with van der Waals surface area (Å²) in [6.45, 7) is 2.84. The van der Waals surface area contributed by atoms with Crippen LogP contribution in [0.3, 0.4) is 0 Å². The molecular formula is C31H35N3O6S. The number of pyridine rings is 1. The SMILES string of the molecule is CCOC(=O)C[C@H](Cc1ccc2ccccc2c1)NS(=O)(=O)c1cccc(OCCCCN=c2ccccn2O)c1. The molecule has 0 radical (unpaired) electrons. The third kappa shape index (κ3) is 8.92. The van der Waals surface area contributed by atoms with Crippen molar-refractivity contribution in [2.75, 3.05) is 19.8 Å². The second kappa shape index (κ2) is 14.5. The Labute approximate surface area is 240 Å². The minimum atomic E-state index is -3.96. The van der Waals surface area contributed by atoms with Gasteiger partial charge in [-0.2, -0.15) is 4.73 Å². The van der Waals surface area contributed by atoms with Crippen LogP contribution in [0.2, 0.25) is 0 Å². The first kappa shape index (κ1) is 29.8. The van der Waals surface area contributed by atoms with Gasteiger partial charge in [-0.05, 0) is 66.8 Å². The van der Waals surface area contributed by atoms with Gasteiger partial charge in [0.25, 0.3) is 0 Å². The Hall–Kier alpha value is -4.15. The number of hydrogen-bond donors (Lipinski definition) is 2. The molecule has 0 aliphatic rings. The van der Waals surface area contributed by atoms with Crippen molar-refractivity contribution >= 4 is 26.8 Å². The van der Waals surface area contributed by atoms with Gasteiger partial charge in [0, 0.05) is 24.8 Å². The molecule has 1 atom stereocenters. The van der Waals surface area contributed by atoms with E-state index in [1.807, 2.05) is 42.5 Å². The van der Waals surface area contributed by atoms with Crippen LogP contribution in [0.15, 0.2) is 101 Å². The summed E-state index contributed by atoms with van der Waals surface area (Å²) in [4.78, 5) is 16.7. The smallest absolute Gasteiger partial charge is 0.307 e. The highest BCUT2D eigenvalue weighted by Crippen LogP contribution is 2.21. The molecule has 1 aromatic heterocycles. The molecule has 3 aromatic carbocycles. The summed E-state index contributed by atoms with van der Waals surface area (Å²) in [6, 6.07) is 24.7. The number of ether oxygens (including phenoxy) is 2. The van der Waals surface area contributed by atoms with E-state index in [-0.39, 0.29) is 17.9 Å². The number of unbranched alkanes of at least 4 members (excludes halogenated alkanes) is 1. The van der Waals surface area contributed by atoms with Gasteiger partial charge in [-0.3, -0.25) is 9.79 Å². The monoisotopic (exact) mass is 577 g/mol. The molecule has 0 aliphatic carbocycles. The number of hydrogen-bond acceptors (Lipinski definition) is 7. The van der Waals surface area contributed by atoms with Gasteiger partial charge in [-0.25, -0.2) is 13.1 Å². The van der Waals surface area contributed by atoms with Crippen LogP contribution in [-0.4, -0.2) is 50.1 Å². The van der Waals surface area contributed by atoms with E-state index in [1.54, 1.807) is 37.3 Å². The molecule has 10 heteroatoms. The van der Waals surface area contributed by atoms with Crippen molar-refractivity contribution in [2.24, 2.45) is 4.99 Å². The first-order valence-corrected chi connectivity index (χ1v) is 15.1. The molecule has 0 saturated carbocycles. The summed E-state index contributed by atoms with van der Waals surface area (Å²) in [5.41, 5.74) is 1.38. The molecule has 216 valence electrons. The molecule has 0 amide bonds. The highest BCUT2D eigenvalue weighted by molar-refractivity contribution is 7.89. The third-order valence-electron chi connectivity index (χ3n) is 6.37. The van der Waals surface area contributed by atoms with Crippen LogP contribution in [-0.2, 0) is 26.0 Å². The second-order valence-electron chi connectivity index (χ2n) is 9.53. The largest absolute Gasteiger partial charge is 0.494 e. The molecule has 0 bridgehead atoms. The first-order chi connectivity index (χ1) is 19.8. The number of carbonyl (C=O) groups is 1. The van der Waals surface area contributed by atoms with Crippen molar-refractivity contribution in [3.63, 3.8) is 0 Å². The fraction of sp³-hybridized carbons (Fsp3) is 0.290. The van der Waals surface area contributed by atoms with Crippen molar-refractivity contribution in [3.8, 4) is 5.75 Å². The Kier molecular flexibility index (Phi) is 10.5. The van der Waals surface area contributed by atoms with Gasteiger partial charge >= 0.3 is 5.97 Å². The topological polar surface area (TPSA) is 119 Å². The molecule has 1 heterocycles. The van der Waals surface area contributed by atoms with Crippen molar-refractivity contribution in [1.82, 2.24) is 9.45 Å². The lowest BCUT2D eigenvalue weighted by Gasteiger charge is -2.19. The van der Waals surface area contributed by atoms with Crippen LogP contribution < -0.4 is 14.9 Å². The third-order valence-corrected chi connectivity index (χ3v) is 7.88. The Bertz CT molecular complexity index is 1630. The lowest BCUT2D eigenvalue weighted by Crippen LogP contribution is -2.38. The van der Waals surface area contributed by atoms with Gasteiger partial charge < -0.3 is 14.7 Å². The lowest BCUT2D eigenvalue weighted by molar-refractivity contribution is -0.143. The van der Waals surface area contributed by atoms with Crippen molar-refractivity contribution < 1.29 is 27.9 Å². The number of esters is 1. The number of benzene rings is 3. The Morgan fingerprint density at radius 2 is 1.78 bits per heavy atom. The van der Waals surface area contributed by atoms with Gasteiger partial charge in [0.1, 0.15) is 5.75 Å². The highest BCUT2D eigenvalue weighted by atomic mass is 32.2. The summed E-state index contributed by atoms with van der Waals surface area (Å²) in [5.74, 6) is -0.0385. The molecule has 0 aliphatic heterocycles. The van der Waals surface area contributed by atoms with Crippen molar-refractivity contribution in [2.45, 2.75) is 43.5 Å². The molecular weight excluding hydrogens is 542 g/mol. The van der Waals surface area contributed by atoms with Crippen LogP contribution in [0, 0.1) is 0 Å². The maximum absolute atomic E-state index is 13.4. The zero-order valence-corrected chi connectivity index (χ0v) is 23.8. The minimum Gasteiger partial charge on any atom is -0.494 e. The molecule has 2 N–H and O–H groups in total. The zero-order chi connectivity index (χ0) is 29.1. The van der Waals surface area contributed by atoms with Crippen molar-refractivity contribution in [1.29, 1.82) is 0 Å². The summed E-state index contributed by atoms with van der Waals surface area (Å²) < 4.78 is 41.3. The first-order valence-electron chi connectivity index (χ1n) is 13.6. The maximum Gasteiger partial charge on any atom is 0.307 e. The van der Waals surface area contributed by atoms with E-state index in [1.165, 1.54) is 18.3 Å². The van der Waals surface area contributed by atoms with Crippen LogP contribution in [0.5, 0.6) is 5.75 Å². The number of nitrogens with one attached hydrogen (secondary N) is 1. The van der Waals surface area contributed by atoms with E-state index in [0.29, 0.717) is 37.2 Å². The van der Waals surface area contributed by atoms with Crippen LogP contribution in [0.25, 0.3) is 10.8 Å². The fourth-order valence-electron chi connectivity index (χ4n) is 4.39. The van der Waals surface area contributed by atoms with Crippen LogP contribution in [0.1, 0.15) is 31.7 Å². The molecule has 0 saturated heterocycles. The Morgan fingerprint density at radius 1 is 0.976 bits per heavy atom. The van der Waals surface area contributed by atoms with E-state index >= 15 is 0 Å². The fourth-order valence-corrected chi connectivity index (χ4v) is 5.66. The average molecular weight is 578 g/mol. The standard InChI is InChI=1S/C31H35N3O6S/c1-2-39-31(35)22-27(21-24-15-16-25-10-3-4-11-26(25)20-24)33-41(37,38)29-13-9-12-28(23-29)40-19-8-6-17-32-30-14-5-7-18-34(30)36/h3-5,7,9-16,18,20,23,27,33,36H,2,6,8,17,19,21-22H2,1H3/t27-/m0/s1. The van der Waals surface area contributed by atoms with Crippen molar-refractivity contribution in [3.05, 3.63) is 102 Å². The number of aromatic nitrogens is 1. The molecule has 9 nitrogen and oxygen atoms in total. The van der Waals surface area contributed by atoms with E-state index in [9.17, 15) is 18.4 Å². The Balaban J connectivity index is 1.38. The zero-order valence-electron chi connectivity index (χ0n) is 23.0. The molecule has 0 fully saturated rings. The second-order valence-corrected chi connectivity index (χ2v) is 11.2. The molecule has 4 aromatic rings. The lowest BCUT2D eigenvalue weighted by atomic mass is 10.0.